The zero-order valence-electron chi connectivity index (χ0n) is 10.8. The van der Waals surface area contributed by atoms with Crippen molar-refractivity contribution >= 4 is 34.6 Å². The number of rotatable bonds is 7. The second-order valence-corrected chi connectivity index (χ2v) is 6.15. The molecule has 0 bridgehead atoms. The van der Waals surface area contributed by atoms with E-state index in [4.69, 9.17) is 4.74 Å². The van der Waals surface area contributed by atoms with Crippen molar-refractivity contribution in [3.05, 3.63) is 44.8 Å². The van der Waals surface area contributed by atoms with Gasteiger partial charge in [0.05, 0.1) is 19.4 Å². The second kappa shape index (κ2) is 7.81. The van der Waals surface area contributed by atoms with E-state index in [9.17, 15) is 9.59 Å². The van der Waals surface area contributed by atoms with Crippen molar-refractivity contribution in [3.63, 3.8) is 0 Å². The van der Waals surface area contributed by atoms with E-state index >= 15 is 0 Å². The highest BCUT2D eigenvalue weighted by molar-refractivity contribution is 7.10. The third-order valence-electron chi connectivity index (χ3n) is 2.50. The number of nitrogens with one attached hydrogen (secondary N) is 1. The van der Waals surface area contributed by atoms with Crippen LogP contribution in [-0.2, 0) is 27.2 Å². The van der Waals surface area contributed by atoms with E-state index in [0.29, 0.717) is 19.4 Å². The van der Waals surface area contributed by atoms with Crippen molar-refractivity contribution in [2.45, 2.75) is 12.8 Å². The average molecular weight is 309 g/mol. The van der Waals surface area contributed by atoms with Crippen LogP contribution in [0, 0.1) is 0 Å². The first-order valence-corrected chi connectivity index (χ1v) is 7.97. The smallest absolute Gasteiger partial charge is 0.311 e. The van der Waals surface area contributed by atoms with Gasteiger partial charge in [-0.3, -0.25) is 9.59 Å². The van der Waals surface area contributed by atoms with Crippen LogP contribution in [0.15, 0.2) is 35.0 Å². The highest BCUT2D eigenvalue weighted by Gasteiger charge is 2.06. The van der Waals surface area contributed by atoms with Gasteiger partial charge in [0.25, 0.3) is 0 Å². The molecule has 0 radical (unpaired) electrons. The molecular formula is C14H15NO3S2. The molecule has 0 saturated carbocycles. The Labute approximate surface area is 125 Å². The first-order valence-electron chi connectivity index (χ1n) is 6.21. The Morgan fingerprint density at radius 1 is 1.05 bits per heavy atom. The fourth-order valence-electron chi connectivity index (χ4n) is 1.60. The zero-order chi connectivity index (χ0) is 14.2. The lowest BCUT2D eigenvalue weighted by Gasteiger charge is -2.05. The summed E-state index contributed by atoms with van der Waals surface area (Å²) < 4.78 is 5.06. The number of hydrogen-bond acceptors (Lipinski definition) is 5. The van der Waals surface area contributed by atoms with Crippen LogP contribution in [0.1, 0.15) is 9.75 Å². The van der Waals surface area contributed by atoms with E-state index in [0.717, 1.165) is 9.75 Å². The summed E-state index contributed by atoms with van der Waals surface area (Å²) in [5.41, 5.74) is 0. The predicted octanol–water partition coefficient (Wildman–Crippen LogP) is 2.25. The van der Waals surface area contributed by atoms with Crippen molar-refractivity contribution in [2.24, 2.45) is 0 Å². The number of esters is 1. The second-order valence-electron chi connectivity index (χ2n) is 4.08. The van der Waals surface area contributed by atoms with Gasteiger partial charge in [-0.05, 0) is 22.9 Å². The van der Waals surface area contributed by atoms with E-state index in [2.05, 4.69) is 5.32 Å². The van der Waals surface area contributed by atoms with Gasteiger partial charge < -0.3 is 10.1 Å². The Morgan fingerprint density at radius 3 is 2.30 bits per heavy atom. The zero-order valence-corrected chi connectivity index (χ0v) is 12.5. The summed E-state index contributed by atoms with van der Waals surface area (Å²) in [5, 5.41) is 6.59. The standard InChI is InChI=1S/C14H15NO3S2/c16-13(9-11-3-1-7-19-11)15-5-6-18-14(17)10-12-4-2-8-20-12/h1-4,7-8H,5-6,9-10H2,(H,15,16). The Balaban J connectivity index is 1.57. The summed E-state index contributed by atoms with van der Waals surface area (Å²) in [7, 11) is 0. The molecule has 0 aliphatic rings. The molecule has 0 saturated heterocycles. The van der Waals surface area contributed by atoms with Gasteiger partial charge in [0.1, 0.15) is 6.61 Å². The molecule has 0 unspecified atom stereocenters. The Hall–Kier alpha value is -1.66. The van der Waals surface area contributed by atoms with Gasteiger partial charge in [0.2, 0.25) is 5.91 Å². The van der Waals surface area contributed by atoms with E-state index in [1.54, 1.807) is 11.3 Å². The van der Waals surface area contributed by atoms with Crippen molar-refractivity contribution in [3.8, 4) is 0 Å². The maximum atomic E-state index is 11.6. The minimum Gasteiger partial charge on any atom is -0.464 e. The Bertz CT molecular complexity index is 485. The summed E-state index contributed by atoms with van der Waals surface area (Å²) in [6.07, 6.45) is 0.668. The molecule has 6 heteroatoms. The number of carbonyl (C=O) groups is 2. The van der Waals surface area contributed by atoms with E-state index in [-0.39, 0.29) is 18.5 Å². The number of thiophene rings is 2. The van der Waals surface area contributed by atoms with Crippen LogP contribution in [0.2, 0.25) is 0 Å². The van der Waals surface area contributed by atoms with Gasteiger partial charge in [-0.2, -0.15) is 0 Å². The molecule has 1 N–H and O–H groups in total. The van der Waals surface area contributed by atoms with Gasteiger partial charge in [0, 0.05) is 9.75 Å². The van der Waals surface area contributed by atoms with Crippen LogP contribution in [-0.4, -0.2) is 25.0 Å². The monoisotopic (exact) mass is 309 g/mol. The molecule has 2 rings (SSSR count). The number of carbonyl (C=O) groups excluding carboxylic acids is 2. The number of hydrogen-bond donors (Lipinski definition) is 1. The lowest BCUT2D eigenvalue weighted by molar-refractivity contribution is -0.143. The van der Waals surface area contributed by atoms with Crippen LogP contribution in [0.4, 0.5) is 0 Å². The predicted molar refractivity (Wildman–Crippen MR) is 80.0 cm³/mol. The fourth-order valence-corrected chi connectivity index (χ4v) is 2.99. The van der Waals surface area contributed by atoms with Crippen LogP contribution in [0.3, 0.4) is 0 Å². The minimum atomic E-state index is -0.264. The molecule has 0 aromatic carbocycles. The first-order chi connectivity index (χ1) is 9.74. The van der Waals surface area contributed by atoms with Crippen molar-refractivity contribution in [1.82, 2.24) is 5.32 Å². The van der Waals surface area contributed by atoms with Crippen molar-refractivity contribution < 1.29 is 14.3 Å². The highest BCUT2D eigenvalue weighted by atomic mass is 32.1. The summed E-state index contributed by atoms with van der Waals surface area (Å²) in [5.74, 6) is -0.318. The van der Waals surface area contributed by atoms with Crippen LogP contribution < -0.4 is 5.32 Å². The van der Waals surface area contributed by atoms with Crippen molar-refractivity contribution in [1.29, 1.82) is 0 Å². The first kappa shape index (κ1) is 14.7. The molecule has 0 aliphatic carbocycles. The molecule has 1 amide bonds. The summed E-state index contributed by atoms with van der Waals surface area (Å²) in [6.45, 7) is 0.556. The summed E-state index contributed by atoms with van der Waals surface area (Å²) >= 11 is 3.08. The third kappa shape index (κ3) is 5.14. The van der Waals surface area contributed by atoms with Crippen molar-refractivity contribution in [2.75, 3.05) is 13.2 Å². The normalized spacial score (nSPS) is 10.2. The molecular weight excluding hydrogens is 294 g/mol. The summed E-state index contributed by atoms with van der Waals surface area (Å²) in [6, 6.07) is 7.64. The Morgan fingerprint density at radius 2 is 1.70 bits per heavy atom. The molecule has 0 atom stereocenters. The highest BCUT2D eigenvalue weighted by Crippen LogP contribution is 2.10. The van der Waals surface area contributed by atoms with Gasteiger partial charge >= 0.3 is 5.97 Å². The van der Waals surface area contributed by atoms with Gasteiger partial charge in [-0.1, -0.05) is 12.1 Å². The SMILES string of the molecule is O=C(Cc1cccs1)NCCOC(=O)Cc1cccs1. The molecule has 2 aromatic heterocycles. The molecule has 2 heterocycles. The summed E-state index contributed by atoms with van der Waals surface area (Å²) in [4.78, 5) is 25.1. The third-order valence-corrected chi connectivity index (χ3v) is 4.25. The van der Waals surface area contributed by atoms with E-state index in [1.807, 2.05) is 35.0 Å². The van der Waals surface area contributed by atoms with Gasteiger partial charge in [-0.15, -0.1) is 22.7 Å². The van der Waals surface area contributed by atoms with Crippen LogP contribution in [0.25, 0.3) is 0 Å². The maximum absolute atomic E-state index is 11.6. The van der Waals surface area contributed by atoms with Gasteiger partial charge in [0.15, 0.2) is 0 Å². The van der Waals surface area contributed by atoms with E-state index < -0.39 is 0 Å². The van der Waals surface area contributed by atoms with E-state index in [1.165, 1.54) is 11.3 Å². The largest absolute Gasteiger partial charge is 0.464 e. The molecule has 20 heavy (non-hydrogen) atoms. The number of amides is 1. The average Bonchev–Trinajstić information content (AvgIpc) is 3.08. The molecule has 4 nitrogen and oxygen atoms in total. The molecule has 0 spiro atoms. The molecule has 2 aromatic rings. The minimum absolute atomic E-state index is 0.0539. The Kier molecular flexibility index (Phi) is 5.76. The maximum Gasteiger partial charge on any atom is 0.311 e. The lowest BCUT2D eigenvalue weighted by atomic mass is 10.3. The molecule has 0 aliphatic heterocycles. The van der Waals surface area contributed by atoms with Crippen LogP contribution in [0.5, 0.6) is 0 Å². The van der Waals surface area contributed by atoms with Gasteiger partial charge in [-0.25, -0.2) is 0 Å². The lowest BCUT2D eigenvalue weighted by Crippen LogP contribution is -2.29. The van der Waals surface area contributed by atoms with Crippen LogP contribution >= 0.6 is 22.7 Å². The quantitative estimate of drug-likeness (QED) is 0.630. The molecule has 0 fully saturated rings. The molecule has 106 valence electrons. The topological polar surface area (TPSA) is 55.4 Å². The fraction of sp³-hybridized carbons (Fsp3) is 0.286. The number of ether oxygens (including phenoxy) is 1.